The highest BCUT2D eigenvalue weighted by molar-refractivity contribution is 5.62. The molecule has 0 unspecified atom stereocenters. The van der Waals surface area contributed by atoms with E-state index in [2.05, 4.69) is 34.5 Å². The van der Waals surface area contributed by atoms with Gasteiger partial charge in [0.2, 0.25) is 0 Å². The van der Waals surface area contributed by atoms with Crippen LogP contribution in [0, 0.1) is 0 Å². The van der Waals surface area contributed by atoms with Crippen LogP contribution in [0.25, 0.3) is 11.3 Å². The van der Waals surface area contributed by atoms with Crippen LogP contribution in [0.1, 0.15) is 50.0 Å². The highest BCUT2D eigenvalue weighted by Gasteiger charge is 2.14. The van der Waals surface area contributed by atoms with E-state index in [1.807, 2.05) is 6.07 Å². The molecule has 3 nitrogen and oxygen atoms in total. The molecular formula is C16H21N3. The number of nitrogens with one attached hydrogen (secondary N) is 1. The van der Waals surface area contributed by atoms with E-state index in [9.17, 15) is 0 Å². The first-order chi connectivity index (χ1) is 9.33. The standard InChI is InChI=1S/C16H21N3/c17-16-11-15(18-19-16)14-9-7-13(8-10-14)12-5-3-1-2-4-6-12/h7-12H,1-6H2,(H3,17,18,19). The summed E-state index contributed by atoms with van der Waals surface area (Å²) in [5, 5.41) is 6.93. The summed E-state index contributed by atoms with van der Waals surface area (Å²) >= 11 is 0. The lowest BCUT2D eigenvalue weighted by Gasteiger charge is -2.14. The third-order valence-electron chi connectivity index (χ3n) is 4.15. The molecular weight excluding hydrogens is 234 g/mol. The van der Waals surface area contributed by atoms with Crippen LogP contribution in [0.15, 0.2) is 30.3 Å². The molecule has 1 aliphatic rings. The zero-order valence-electron chi connectivity index (χ0n) is 11.2. The molecule has 0 bridgehead atoms. The molecule has 1 fully saturated rings. The summed E-state index contributed by atoms with van der Waals surface area (Å²) in [5.41, 5.74) is 9.27. The van der Waals surface area contributed by atoms with Crippen LogP contribution in [0.3, 0.4) is 0 Å². The lowest BCUT2D eigenvalue weighted by Crippen LogP contribution is -1.96. The Morgan fingerprint density at radius 3 is 2.26 bits per heavy atom. The van der Waals surface area contributed by atoms with Gasteiger partial charge in [0.05, 0.1) is 5.69 Å². The Labute approximate surface area is 114 Å². The van der Waals surface area contributed by atoms with Gasteiger partial charge in [0, 0.05) is 6.07 Å². The number of hydrogen-bond acceptors (Lipinski definition) is 2. The fourth-order valence-corrected chi connectivity index (χ4v) is 3.03. The van der Waals surface area contributed by atoms with E-state index < -0.39 is 0 Å². The van der Waals surface area contributed by atoms with Crippen LogP contribution in [0.5, 0.6) is 0 Å². The van der Waals surface area contributed by atoms with Gasteiger partial charge in [-0.2, -0.15) is 5.10 Å². The maximum atomic E-state index is 5.64. The van der Waals surface area contributed by atoms with E-state index in [0.717, 1.165) is 17.2 Å². The highest BCUT2D eigenvalue weighted by Crippen LogP contribution is 2.32. The molecule has 19 heavy (non-hydrogen) atoms. The average molecular weight is 255 g/mol. The summed E-state index contributed by atoms with van der Waals surface area (Å²) in [6, 6.07) is 10.8. The minimum Gasteiger partial charge on any atom is -0.382 e. The maximum absolute atomic E-state index is 5.64. The van der Waals surface area contributed by atoms with E-state index >= 15 is 0 Å². The van der Waals surface area contributed by atoms with Crippen molar-refractivity contribution >= 4 is 5.82 Å². The zero-order valence-corrected chi connectivity index (χ0v) is 11.2. The monoisotopic (exact) mass is 255 g/mol. The lowest BCUT2D eigenvalue weighted by molar-refractivity contribution is 0.592. The Hall–Kier alpha value is -1.77. The molecule has 3 rings (SSSR count). The second kappa shape index (κ2) is 5.47. The average Bonchev–Trinajstić information content (AvgIpc) is 2.72. The quantitative estimate of drug-likeness (QED) is 0.794. The molecule has 1 aliphatic carbocycles. The van der Waals surface area contributed by atoms with Crippen molar-refractivity contribution in [3.63, 3.8) is 0 Å². The fourth-order valence-electron chi connectivity index (χ4n) is 3.03. The van der Waals surface area contributed by atoms with Crippen molar-refractivity contribution in [3.8, 4) is 11.3 Å². The summed E-state index contributed by atoms with van der Waals surface area (Å²) in [6.45, 7) is 0. The molecule has 2 aromatic rings. The largest absolute Gasteiger partial charge is 0.382 e. The topological polar surface area (TPSA) is 54.7 Å². The van der Waals surface area contributed by atoms with E-state index in [1.165, 1.54) is 44.1 Å². The summed E-state index contributed by atoms with van der Waals surface area (Å²) in [6.07, 6.45) is 8.25. The van der Waals surface area contributed by atoms with Crippen LogP contribution in [-0.2, 0) is 0 Å². The van der Waals surface area contributed by atoms with E-state index in [0.29, 0.717) is 5.82 Å². The number of nitrogens with zero attached hydrogens (tertiary/aromatic N) is 1. The van der Waals surface area contributed by atoms with Crippen molar-refractivity contribution < 1.29 is 0 Å². The first kappa shape index (κ1) is 12.3. The van der Waals surface area contributed by atoms with Gasteiger partial charge in [0.25, 0.3) is 0 Å². The second-order valence-electron chi connectivity index (χ2n) is 5.52. The SMILES string of the molecule is Nc1cc(-c2ccc(C3CCCCCC3)cc2)[nH]n1. The molecule has 1 aromatic heterocycles. The van der Waals surface area contributed by atoms with Crippen LogP contribution >= 0.6 is 0 Å². The zero-order chi connectivity index (χ0) is 13.1. The van der Waals surface area contributed by atoms with Crippen molar-refractivity contribution in [2.45, 2.75) is 44.4 Å². The summed E-state index contributed by atoms with van der Waals surface area (Å²) < 4.78 is 0. The number of nitrogens with two attached hydrogens (primary N) is 1. The third-order valence-corrected chi connectivity index (χ3v) is 4.15. The Bertz CT molecular complexity index is 519. The molecule has 3 N–H and O–H groups in total. The molecule has 0 atom stereocenters. The molecule has 1 aromatic carbocycles. The van der Waals surface area contributed by atoms with Gasteiger partial charge in [-0.05, 0) is 29.9 Å². The van der Waals surface area contributed by atoms with Gasteiger partial charge in [0.15, 0.2) is 0 Å². The number of H-pyrrole nitrogens is 1. The minimum absolute atomic E-state index is 0.544. The van der Waals surface area contributed by atoms with Crippen LogP contribution in [0.4, 0.5) is 5.82 Å². The number of anilines is 1. The van der Waals surface area contributed by atoms with Crippen molar-refractivity contribution in [2.24, 2.45) is 0 Å². The van der Waals surface area contributed by atoms with E-state index in [-0.39, 0.29) is 0 Å². The fraction of sp³-hybridized carbons (Fsp3) is 0.438. The Morgan fingerprint density at radius 1 is 1.00 bits per heavy atom. The predicted molar refractivity (Wildman–Crippen MR) is 78.9 cm³/mol. The molecule has 0 aliphatic heterocycles. The van der Waals surface area contributed by atoms with Crippen LogP contribution < -0.4 is 5.73 Å². The minimum atomic E-state index is 0.544. The molecule has 1 heterocycles. The van der Waals surface area contributed by atoms with Gasteiger partial charge in [-0.25, -0.2) is 0 Å². The number of rotatable bonds is 2. The van der Waals surface area contributed by atoms with E-state index in [1.54, 1.807) is 0 Å². The predicted octanol–water partition coefficient (Wildman–Crippen LogP) is 4.10. The first-order valence-electron chi connectivity index (χ1n) is 7.24. The summed E-state index contributed by atoms with van der Waals surface area (Å²) in [4.78, 5) is 0. The molecule has 0 radical (unpaired) electrons. The Morgan fingerprint density at radius 2 is 1.68 bits per heavy atom. The lowest BCUT2D eigenvalue weighted by atomic mass is 9.91. The molecule has 1 saturated carbocycles. The van der Waals surface area contributed by atoms with Gasteiger partial charge >= 0.3 is 0 Å². The van der Waals surface area contributed by atoms with Gasteiger partial charge in [0.1, 0.15) is 5.82 Å². The number of aromatic amines is 1. The van der Waals surface area contributed by atoms with Gasteiger partial charge in [-0.1, -0.05) is 49.9 Å². The molecule has 0 spiro atoms. The van der Waals surface area contributed by atoms with Crippen LogP contribution in [0.2, 0.25) is 0 Å². The van der Waals surface area contributed by atoms with Crippen molar-refractivity contribution in [2.75, 3.05) is 5.73 Å². The third kappa shape index (κ3) is 2.80. The molecule has 100 valence electrons. The maximum Gasteiger partial charge on any atom is 0.145 e. The summed E-state index contributed by atoms with van der Waals surface area (Å²) in [7, 11) is 0. The Balaban J connectivity index is 1.78. The smallest absolute Gasteiger partial charge is 0.145 e. The molecule has 0 saturated heterocycles. The number of hydrogen-bond donors (Lipinski definition) is 2. The number of benzene rings is 1. The van der Waals surface area contributed by atoms with Gasteiger partial charge < -0.3 is 5.73 Å². The normalized spacial score (nSPS) is 17.3. The van der Waals surface area contributed by atoms with E-state index in [4.69, 9.17) is 5.73 Å². The highest BCUT2D eigenvalue weighted by atomic mass is 15.2. The summed E-state index contributed by atoms with van der Waals surface area (Å²) in [5.74, 6) is 1.30. The first-order valence-corrected chi connectivity index (χ1v) is 7.24. The molecule has 0 amide bonds. The number of nitrogen functional groups attached to an aromatic ring is 1. The van der Waals surface area contributed by atoms with Gasteiger partial charge in [-0.15, -0.1) is 0 Å². The van der Waals surface area contributed by atoms with Crippen molar-refractivity contribution in [3.05, 3.63) is 35.9 Å². The van der Waals surface area contributed by atoms with Gasteiger partial charge in [-0.3, -0.25) is 5.10 Å². The van der Waals surface area contributed by atoms with Crippen molar-refractivity contribution in [1.29, 1.82) is 0 Å². The van der Waals surface area contributed by atoms with Crippen molar-refractivity contribution in [1.82, 2.24) is 10.2 Å². The molecule has 3 heteroatoms. The Kier molecular flexibility index (Phi) is 3.53. The van der Waals surface area contributed by atoms with Crippen LogP contribution in [-0.4, -0.2) is 10.2 Å². The second-order valence-corrected chi connectivity index (χ2v) is 5.52. The number of aromatic nitrogens is 2.